The molecule has 1 aliphatic rings. The molecule has 0 aromatic heterocycles. The highest BCUT2D eigenvalue weighted by molar-refractivity contribution is 6.46. The van der Waals surface area contributed by atoms with E-state index >= 15 is 0 Å². The van der Waals surface area contributed by atoms with Gasteiger partial charge in [-0.2, -0.15) is 0 Å². The molecule has 2 aromatic rings. The number of halogens is 1. The Morgan fingerprint density at radius 1 is 1.17 bits per heavy atom. The molecule has 1 aliphatic heterocycles. The molecule has 6 nitrogen and oxygen atoms in total. The van der Waals surface area contributed by atoms with Crippen molar-refractivity contribution in [1.29, 1.82) is 0 Å². The van der Waals surface area contributed by atoms with E-state index in [0.717, 1.165) is 5.56 Å². The Bertz CT molecular complexity index is 997. The molecule has 0 spiro atoms. The third kappa shape index (κ3) is 4.18. The number of aliphatic hydroxyl groups is 1. The van der Waals surface area contributed by atoms with Crippen molar-refractivity contribution in [3.63, 3.8) is 0 Å². The van der Waals surface area contributed by atoms with E-state index in [1.54, 1.807) is 30.3 Å². The SMILES string of the molecule is Cc1ccc(C(O)=C2C(=O)C(=O)N(CCCC(=O)[O-])[C@@H]2c2cccc(F)c2)cc1. The van der Waals surface area contributed by atoms with Crippen molar-refractivity contribution < 1.29 is 29.0 Å². The van der Waals surface area contributed by atoms with E-state index in [4.69, 9.17) is 0 Å². The highest BCUT2D eigenvalue weighted by Crippen LogP contribution is 2.39. The molecular formula is C22H19FNO5-. The van der Waals surface area contributed by atoms with Crippen LogP contribution < -0.4 is 5.11 Å². The number of hydrogen-bond acceptors (Lipinski definition) is 5. The van der Waals surface area contributed by atoms with E-state index in [9.17, 15) is 29.0 Å². The maximum Gasteiger partial charge on any atom is 0.295 e. The molecule has 29 heavy (non-hydrogen) atoms. The molecule has 1 heterocycles. The van der Waals surface area contributed by atoms with Crippen LogP contribution in [0.4, 0.5) is 4.39 Å². The van der Waals surface area contributed by atoms with Crippen LogP contribution in [0.15, 0.2) is 54.1 Å². The number of Topliss-reactive ketones (excluding diaryl/α,β-unsaturated/α-hetero) is 1. The van der Waals surface area contributed by atoms with Gasteiger partial charge < -0.3 is 19.9 Å². The van der Waals surface area contributed by atoms with Crippen molar-refractivity contribution in [2.24, 2.45) is 0 Å². The summed E-state index contributed by atoms with van der Waals surface area (Å²) in [4.78, 5) is 37.2. The molecule has 1 amide bonds. The van der Waals surface area contributed by atoms with Crippen LogP contribution in [-0.2, 0) is 14.4 Å². The fourth-order valence-electron chi connectivity index (χ4n) is 3.39. The van der Waals surface area contributed by atoms with Gasteiger partial charge in [0.15, 0.2) is 0 Å². The summed E-state index contributed by atoms with van der Waals surface area (Å²) in [5, 5.41) is 21.5. The van der Waals surface area contributed by atoms with Crippen LogP contribution in [0, 0.1) is 12.7 Å². The van der Waals surface area contributed by atoms with Crippen LogP contribution in [0.5, 0.6) is 0 Å². The summed E-state index contributed by atoms with van der Waals surface area (Å²) in [6, 6.07) is 11.1. The number of nitrogens with zero attached hydrogens (tertiary/aromatic N) is 1. The Hall–Kier alpha value is -3.48. The smallest absolute Gasteiger partial charge is 0.295 e. The molecule has 0 aliphatic carbocycles. The van der Waals surface area contributed by atoms with E-state index < -0.39 is 29.5 Å². The van der Waals surface area contributed by atoms with Gasteiger partial charge in [0.1, 0.15) is 11.6 Å². The molecule has 0 radical (unpaired) electrons. The van der Waals surface area contributed by atoms with Crippen molar-refractivity contribution in [3.05, 3.63) is 76.6 Å². The molecule has 1 atom stereocenters. The van der Waals surface area contributed by atoms with Gasteiger partial charge in [-0.3, -0.25) is 9.59 Å². The summed E-state index contributed by atoms with van der Waals surface area (Å²) in [5.74, 6) is -3.96. The van der Waals surface area contributed by atoms with Crippen LogP contribution in [0.25, 0.3) is 5.76 Å². The summed E-state index contributed by atoms with van der Waals surface area (Å²) in [6.07, 6.45) is -0.234. The molecule has 0 unspecified atom stereocenters. The highest BCUT2D eigenvalue weighted by Gasteiger charge is 2.45. The predicted molar refractivity (Wildman–Crippen MR) is 101 cm³/mol. The second kappa shape index (κ2) is 8.26. The molecular weight excluding hydrogens is 377 g/mol. The van der Waals surface area contributed by atoms with Crippen LogP contribution in [-0.4, -0.2) is 34.2 Å². The number of ketones is 1. The minimum absolute atomic E-state index is 0.0512. The van der Waals surface area contributed by atoms with Crippen LogP contribution in [0.3, 0.4) is 0 Å². The van der Waals surface area contributed by atoms with E-state index in [2.05, 4.69) is 0 Å². The average molecular weight is 396 g/mol. The van der Waals surface area contributed by atoms with E-state index in [-0.39, 0.29) is 30.7 Å². The average Bonchev–Trinajstić information content (AvgIpc) is 2.93. The zero-order valence-electron chi connectivity index (χ0n) is 15.7. The normalized spacial score (nSPS) is 18.3. The summed E-state index contributed by atoms with van der Waals surface area (Å²) in [7, 11) is 0. The molecule has 2 aromatic carbocycles. The number of rotatable bonds is 6. The third-order valence-corrected chi connectivity index (χ3v) is 4.81. The number of amides is 1. The zero-order chi connectivity index (χ0) is 21.1. The maximum absolute atomic E-state index is 13.8. The molecule has 0 saturated carbocycles. The third-order valence-electron chi connectivity index (χ3n) is 4.81. The number of aliphatic carboxylic acids is 1. The fraction of sp³-hybridized carbons (Fsp3) is 0.227. The van der Waals surface area contributed by atoms with Gasteiger partial charge in [-0.05, 0) is 37.5 Å². The summed E-state index contributed by atoms with van der Waals surface area (Å²) < 4.78 is 13.8. The Labute approximate surface area is 166 Å². The second-order valence-electron chi connectivity index (χ2n) is 6.89. The molecule has 1 fully saturated rings. The molecule has 0 bridgehead atoms. The first-order valence-corrected chi connectivity index (χ1v) is 9.10. The number of carbonyl (C=O) groups is 3. The van der Waals surface area contributed by atoms with Crippen LogP contribution >= 0.6 is 0 Å². The lowest BCUT2D eigenvalue weighted by Gasteiger charge is -2.25. The van der Waals surface area contributed by atoms with Gasteiger partial charge in [-0.25, -0.2) is 4.39 Å². The summed E-state index contributed by atoms with van der Waals surface area (Å²) in [6.45, 7) is 1.82. The lowest BCUT2D eigenvalue weighted by atomic mass is 9.95. The number of benzene rings is 2. The predicted octanol–water partition coefficient (Wildman–Crippen LogP) is 2.09. The number of carboxylic acid groups (broad SMARTS) is 1. The Morgan fingerprint density at radius 2 is 1.86 bits per heavy atom. The van der Waals surface area contributed by atoms with Crippen molar-refractivity contribution >= 4 is 23.4 Å². The largest absolute Gasteiger partial charge is 0.550 e. The van der Waals surface area contributed by atoms with Gasteiger partial charge in [0, 0.05) is 18.1 Å². The number of aryl methyl sites for hydroxylation is 1. The lowest BCUT2D eigenvalue weighted by molar-refractivity contribution is -0.305. The number of carbonyl (C=O) groups excluding carboxylic acids is 3. The summed E-state index contributed by atoms with van der Waals surface area (Å²) in [5.41, 5.74) is 1.46. The molecule has 1 saturated heterocycles. The monoisotopic (exact) mass is 396 g/mol. The van der Waals surface area contributed by atoms with Crippen molar-refractivity contribution in [3.8, 4) is 0 Å². The topological polar surface area (TPSA) is 97.7 Å². The van der Waals surface area contributed by atoms with Gasteiger partial charge in [0.25, 0.3) is 11.7 Å². The number of carboxylic acids is 1. The standard InChI is InChI=1S/C22H20FNO5/c1-13-7-9-14(10-8-13)20(27)18-19(15-4-2-5-16(23)12-15)24(22(29)21(18)28)11-3-6-17(25)26/h2,4-5,7-10,12,19,27H,3,6,11H2,1H3,(H,25,26)/p-1/t19-/m1/s1. The number of aliphatic hydroxyl groups excluding tert-OH is 1. The van der Waals surface area contributed by atoms with Crippen molar-refractivity contribution in [2.45, 2.75) is 25.8 Å². The molecule has 1 N–H and O–H groups in total. The zero-order valence-corrected chi connectivity index (χ0v) is 15.7. The minimum Gasteiger partial charge on any atom is -0.550 e. The quantitative estimate of drug-likeness (QED) is 0.458. The van der Waals surface area contributed by atoms with Crippen LogP contribution in [0.2, 0.25) is 0 Å². The Morgan fingerprint density at radius 3 is 2.48 bits per heavy atom. The van der Waals surface area contributed by atoms with Gasteiger partial charge in [0.2, 0.25) is 0 Å². The highest BCUT2D eigenvalue weighted by atomic mass is 19.1. The van der Waals surface area contributed by atoms with Crippen LogP contribution in [0.1, 0.15) is 35.6 Å². The maximum atomic E-state index is 13.8. The molecule has 7 heteroatoms. The summed E-state index contributed by atoms with van der Waals surface area (Å²) >= 11 is 0. The van der Waals surface area contributed by atoms with Crippen molar-refractivity contribution in [1.82, 2.24) is 4.90 Å². The van der Waals surface area contributed by atoms with Gasteiger partial charge in [0.05, 0.1) is 11.6 Å². The first kappa shape index (κ1) is 20.3. The van der Waals surface area contributed by atoms with E-state index in [1.165, 1.54) is 23.1 Å². The Balaban J connectivity index is 2.10. The number of likely N-dealkylation sites (tertiary alicyclic amines) is 1. The lowest BCUT2D eigenvalue weighted by Crippen LogP contribution is -2.32. The van der Waals surface area contributed by atoms with Gasteiger partial charge in [-0.15, -0.1) is 0 Å². The molecule has 3 rings (SSSR count). The Kier molecular flexibility index (Phi) is 5.77. The fourth-order valence-corrected chi connectivity index (χ4v) is 3.39. The van der Waals surface area contributed by atoms with Gasteiger partial charge >= 0.3 is 0 Å². The van der Waals surface area contributed by atoms with E-state index in [0.29, 0.717) is 11.1 Å². The number of hydrogen-bond donors (Lipinski definition) is 1. The minimum atomic E-state index is -1.27. The molecule has 150 valence electrons. The van der Waals surface area contributed by atoms with Gasteiger partial charge in [-0.1, -0.05) is 42.0 Å². The first-order chi connectivity index (χ1) is 13.8. The second-order valence-corrected chi connectivity index (χ2v) is 6.89. The van der Waals surface area contributed by atoms with Crippen molar-refractivity contribution in [2.75, 3.05) is 6.54 Å². The van der Waals surface area contributed by atoms with E-state index in [1.807, 2.05) is 6.92 Å². The first-order valence-electron chi connectivity index (χ1n) is 9.10.